The minimum absolute atomic E-state index is 0.232. The maximum absolute atomic E-state index is 12.0. The van der Waals surface area contributed by atoms with Gasteiger partial charge in [-0.25, -0.2) is 0 Å². The molecule has 18 heavy (non-hydrogen) atoms. The smallest absolute Gasteiger partial charge is 0.173 e. The zero-order chi connectivity index (χ0) is 13.1. The Morgan fingerprint density at radius 2 is 1.72 bits per heavy atom. The fourth-order valence-electron chi connectivity index (χ4n) is 2.90. The second kappa shape index (κ2) is 5.55. The van der Waals surface area contributed by atoms with Crippen molar-refractivity contribution < 1.29 is 9.53 Å². The SMILES string of the molecule is Cc1cc(C)c(OCC(=O)C2CCCC2)c(C)c1. The number of carbonyl (C=O) groups is 1. The molecule has 0 N–H and O–H groups in total. The van der Waals surface area contributed by atoms with E-state index < -0.39 is 0 Å². The molecule has 0 saturated heterocycles. The molecule has 0 radical (unpaired) electrons. The molecule has 0 amide bonds. The van der Waals surface area contributed by atoms with E-state index in [1.165, 1.54) is 18.4 Å². The first-order chi connectivity index (χ1) is 8.58. The number of aryl methyl sites for hydroxylation is 3. The lowest BCUT2D eigenvalue weighted by atomic mass is 10.0. The van der Waals surface area contributed by atoms with Gasteiger partial charge >= 0.3 is 0 Å². The molecule has 0 spiro atoms. The molecule has 2 heteroatoms. The van der Waals surface area contributed by atoms with E-state index in [9.17, 15) is 4.79 Å². The van der Waals surface area contributed by atoms with Crippen molar-refractivity contribution in [2.75, 3.05) is 6.61 Å². The molecule has 0 bridgehead atoms. The summed E-state index contributed by atoms with van der Waals surface area (Å²) in [5.74, 6) is 1.40. The van der Waals surface area contributed by atoms with Gasteiger partial charge in [-0.2, -0.15) is 0 Å². The van der Waals surface area contributed by atoms with Crippen LogP contribution < -0.4 is 4.74 Å². The van der Waals surface area contributed by atoms with Crippen LogP contribution in [0, 0.1) is 26.7 Å². The third-order valence-electron chi connectivity index (χ3n) is 3.77. The van der Waals surface area contributed by atoms with Crippen molar-refractivity contribution in [2.45, 2.75) is 46.5 Å². The number of ketones is 1. The van der Waals surface area contributed by atoms with Gasteiger partial charge in [0, 0.05) is 5.92 Å². The Labute approximate surface area is 109 Å². The quantitative estimate of drug-likeness (QED) is 0.808. The van der Waals surface area contributed by atoms with E-state index in [4.69, 9.17) is 4.74 Å². The highest BCUT2D eigenvalue weighted by Crippen LogP contribution is 2.27. The second-order valence-electron chi connectivity index (χ2n) is 5.46. The van der Waals surface area contributed by atoms with Gasteiger partial charge in [0.2, 0.25) is 0 Å². The molecule has 2 rings (SSSR count). The van der Waals surface area contributed by atoms with Crippen LogP contribution in [0.4, 0.5) is 0 Å². The summed E-state index contributed by atoms with van der Waals surface area (Å²) in [6, 6.07) is 4.20. The second-order valence-corrected chi connectivity index (χ2v) is 5.46. The summed E-state index contributed by atoms with van der Waals surface area (Å²) >= 11 is 0. The van der Waals surface area contributed by atoms with Gasteiger partial charge in [0.15, 0.2) is 5.78 Å². The standard InChI is InChI=1S/C16H22O2/c1-11-8-12(2)16(13(3)9-11)18-10-15(17)14-6-4-5-7-14/h8-9,14H,4-7,10H2,1-3H3. The van der Waals surface area contributed by atoms with Crippen LogP contribution >= 0.6 is 0 Å². The normalized spacial score (nSPS) is 15.9. The van der Waals surface area contributed by atoms with Crippen LogP contribution in [0.5, 0.6) is 5.75 Å². The summed E-state index contributed by atoms with van der Waals surface area (Å²) in [6.07, 6.45) is 4.49. The molecule has 0 unspecified atom stereocenters. The third-order valence-corrected chi connectivity index (χ3v) is 3.77. The summed E-state index contributed by atoms with van der Waals surface area (Å²) < 4.78 is 5.75. The Bertz CT molecular complexity index is 419. The average Bonchev–Trinajstić information content (AvgIpc) is 2.80. The number of ether oxygens (including phenoxy) is 1. The van der Waals surface area contributed by atoms with Crippen LogP contribution in [0.1, 0.15) is 42.4 Å². The average molecular weight is 246 g/mol. The maximum atomic E-state index is 12.0. The molecule has 0 atom stereocenters. The van der Waals surface area contributed by atoms with Gasteiger partial charge in [-0.15, -0.1) is 0 Å². The molecule has 1 aliphatic rings. The van der Waals surface area contributed by atoms with E-state index in [0.29, 0.717) is 0 Å². The van der Waals surface area contributed by atoms with Crippen molar-refractivity contribution >= 4 is 5.78 Å². The predicted molar refractivity (Wildman–Crippen MR) is 73.1 cm³/mol. The van der Waals surface area contributed by atoms with Gasteiger partial charge in [0.25, 0.3) is 0 Å². The van der Waals surface area contributed by atoms with E-state index in [-0.39, 0.29) is 18.3 Å². The summed E-state index contributed by atoms with van der Waals surface area (Å²) in [5, 5.41) is 0. The topological polar surface area (TPSA) is 26.3 Å². The van der Waals surface area contributed by atoms with Crippen molar-refractivity contribution in [3.63, 3.8) is 0 Å². The molecule has 1 aromatic carbocycles. The monoisotopic (exact) mass is 246 g/mol. The lowest BCUT2D eigenvalue weighted by molar-refractivity contribution is -0.124. The lowest BCUT2D eigenvalue weighted by Gasteiger charge is -2.14. The highest BCUT2D eigenvalue weighted by atomic mass is 16.5. The van der Waals surface area contributed by atoms with Gasteiger partial charge in [-0.1, -0.05) is 30.5 Å². The number of benzene rings is 1. The molecule has 0 aliphatic heterocycles. The molecule has 2 nitrogen and oxygen atoms in total. The Kier molecular flexibility index (Phi) is 4.05. The summed E-state index contributed by atoms with van der Waals surface area (Å²) in [5.41, 5.74) is 3.47. The van der Waals surface area contributed by atoms with Gasteiger partial charge < -0.3 is 4.74 Å². The van der Waals surface area contributed by atoms with Crippen molar-refractivity contribution in [2.24, 2.45) is 5.92 Å². The molecular weight excluding hydrogens is 224 g/mol. The van der Waals surface area contributed by atoms with E-state index in [1.807, 2.05) is 13.8 Å². The summed E-state index contributed by atoms with van der Waals surface area (Å²) in [6.45, 7) is 6.38. The maximum Gasteiger partial charge on any atom is 0.173 e. The minimum Gasteiger partial charge on any atom is -0.485 e. The Balaban J connectivity index is 1.99. The van der Waals surface area contributed by atoms with Crippen molar-refractivity contribution in [1.29, 1.82) is 0 Å². The molecule has 1 fully saturated rings. The van der Waals surface area contributed by atoms with Crippen molar-refractivity contribution in [3.05, 3.63) is 28.8 Å². The van der Waals surface area contributed by atoms with E-state index in [2.05, 4.69) is 19.1 Å². The van der Waals surface area contributed by atoms with Crippen LogP contribution in [0.15, 0.2) is 12.1 Å². The number of hydrogen-bond acceptors (Lipinski definition) is 2. The van der Waals surface area contributed by atoms with Crippen molar-refractivity contribution in [3.8, 4) is 5.75 Å². The Morgan fingerprint density at radius 1 is 1.17 bits per heavy atom. The Morgan fingerprint density at radius 3 is 2.28 bits per heavy atom. The van der Waals surface area contributed by atoms with E-state index >= 15 is 0 Å². The van der Waals surface area contributed by atoms with Crippen LogP contribution in [-0.4, -0.2) is 12.4 Å². The van der Waals surface area contributed by atoms with Crippen LogP contribution in [0.25, 0.3) is 0 Å². The van der Waals surface area contributed by atoms with Gasteiger partial charge in [0.1, 0.15) is 12.4 Å². The van der Waals surface area contributed by atoms with Gasteiger partial charge in [-0.3, -0.25) is 4.79 Å². The highest BCUT2D eigenvalue weighted by molar-refractivity contribution is 5.82. The first kappa shape index (κ1) is 13.1. The summed E-state index contributed by atoms with van der Waals surface area (Å²) in [7, 11) is 0. The highest BCUT2D eigenvalue weighted by Gasteiger charge is 2.23. The first-order valence-electron chi connectivity index (χ1n) is 6.81. The minimum atomic E-state index is 0.232. The van der Waals surface area contributed by atoms with Crippen LogP contribution in [-0.2, 0) is 4.79 Å². The van der Waals surface area contributed by atoms with Crippen LogP contribution in [0.2, 0.25) is 0 Å². The van der Waals surface area contributed by atoms with Crippen molar-refractivity contribution in [1.82, 2.24) is 0 Å². The number of rotatable bonds is 4. The lowest BCUT2D eigenvalue weighted by Crippen LogP contribution is -2.19. The summed E-state index contributed by atoms with van der Waals surface area (Å²) in [4.78, 5) is 12.0. The fraction of sp³-hybridized carbons (Fsp3) is 0.562. The zero-order valence-electron chi connectivity index (χ0n) is 11.6. The molecule has 1 aromatic rings. The molecular formula is C16H22O2. The van der Waals surface area contributed by atoms with Crippen LogP contribution in [0.3, 0.4) is 0 Å². The molecule has 98 valence electrons. The number of carbonyl (C=O) groups excluding carboxylic acids is 1. The number of hydrogen-bond donors (Lipinski definition) is 0. The molecule has 0 heterocycles. The van der Waals surface area contributed by atoms with E-state index in [0.717, 1.165) is 29.7 Å². The molecule has 1 saturated carbocycles. The molecule has 0 aromatic heterocycles. The van der Waals surface area contributed by atoms with E-state index in [1.54, 1.807) is 0 Å². The Hall–Kier alpha value is -1.31. The molecule has 1 aliphatic carbocycles. The first-order valence-corrected chi connectivity index (χ1v) is 6.81. The predicted octanol–water partition coefficient (Wildman–Crippen LogP) is 3.75. The third kappa shape index (κ3) is 2.92. The van der Waals surface area contributed by atoms with Gasteiger partial charge in [-0.05, 0) is 44.7 Å². The number of Topliss-reactive ketones (excluding diaryl/α,β-unsaturated/α-hetero) is 1. The zero-order valence-corrected chi connectivity index (χ0v) is 11.6. The largest absolute Gasteiger partial charge is 0.485 e. The fourth-order valence-corrected chi connectivity index (χ4v) is 2.90. The van der Waals surface area contributed by atoms with Gasteiger partial charge in [0.05, 0.1) is 0 Å².